The summed E-state index contributed by atoms with van der Waals surface area (Å²) in [6.07, 6.45) is 11.3. The van der Waals surface area contributed by atoms with Gasteiger partial charge in [-0.3, -0.25) is 4.90 Å². The Bertz CT molecular complexity index is 965. The molecule has 1 fully saturated rings. The number of hydrogen-bond acceptors (Lipinski definition) is 7. The quantitative estimate of drug-likeness (QED) is 0.153. The molecule has 1 aromatic carbocycles. The minimum absolute atomic E-state index is 0.176. The first-order valence-corrected chi connectivity index (χ1v) is 13.4. The van der Waals surface area contributed by atoms with Gasteiger partial charge < -0.3 is 27.8 Å². The smallest absolute Gasteiger partial charge is 0.132 e. The normalized spacial score (nSPS) is 19.7. The van der Waals surface area contributed by atoms with Crippen molar-refractivity contribution in [3.05, 3.63) is 75.5 Å². The standard InChI is InChI=1S/C27H42ClFN6S/c1-4-12-35(13-11-33-18(2)3)22-14-19(15-22)5-7-21(9-10-30)34-26(27(32)36)17-25(31)23-16-20(28)6-8-24(23)29/h6-10,16-19,22,33-34,36H,4-5,11-15,30-32H2,1-3H3/b10-9-,21-7+,25-17-,27-26-. The molecule has 200 valence electrons. The first kappa shape index (κ1) is 30.1. The predicted octanol–water partition coefficient (Wildman–Crippen LogP) is 4.66. The lowest BCUT2D eigenvalue weighted by Gasteiger charge is -2.43. The van der Waals surface area contributed by atoms with Crippen molar-refractivity contribution in [1.29, 1.82) is 0 Å². The third-order valence-corrected chi connectivity index (χ3v) is 6.71. The Labute approximate surface area is 226 Å². The van der Waals surface area contributed by atoms with Gasteiger partial charge in [0.25, 0.3) is 0 Å². The molecule has 0 saturated heterocycles. The molecule has 0 spiro atoms. The van der Waals surface area contributed by atoms with Crippen molar-refractivity contribution in [2.24, 2.45) is 23.1 Å². The van der Waals surface area contributed by atoms with Gasteiger partial charge in [-0.25, -0.2) is 4.39 Å². The van der Waals surface area contributed by atoms with Crippen LogP contribution in [0.25, 0.3) is 5.70 Å². The van der Waals surface area contributed by atoms with Gasteiger partial charge in [-0.2, -0.15) is 0 Å². The van der Waals surface area contributed by atoms with E-state index in [1.54, 1.807) is 12.2 Å². The second-order valence-corrected chi connectivity index (χ2v) is 10.5. The molecule has 0 heterocycles. The van der Waals surface area contributed by atoms with E-state index in [4.69, 9.17) is 28.8 Å². The van der Waals surface area contributed by atoms with Crippen molar-refractivity contribution in [2.45, 2.75) is 58.5 Å². The van der Waals surface area contributed by atoms with Crippen LogP contribution in [0.5, 0.6) is 0 Å². The number of nitrogens with zero attached hydrogens (tertiary/aromatic N) is 1. The Morgan fingerprint density at radius 1 is 1.28 bits per heavy atom. The molecule has 1 aromatic rings. The summed E-state index contributed by atoms with van der Waals surface area (Å²) in [5.41, 5.74) is 19.4. The van der Waals surface area contributed by atoms with Crippen LogP contribution < -0.4 is 27.8 Å². The van der Waals surface area contributed by atoms with Crippen molar-refractivity contribution >= 4 is 29.9 Å². The molecule has 1 aliphatic rings. The number of allylic oxidation sites excluding steroid dienone is 3. The minimum atomic E-state index is -0.473. The average Bonchev–Trinajstić information content (AvgIpc) is 2.78. The highest BCUT2D eigenvalue weighted by Gasteiger charge is 2.32. The van der Waals surface area contributed by atoms with Crippen LogP contribution in [0.4, 0.5) is 4.39 Å². The molecule has 0 bridgehead atoms. The zero-order valence-corrected chi connectivity index (χ0v) is 23.3. The Kier molecular flexibility index (Phi) is 12.7. The first-order chi connectivity index (χ1) is 17.1. The summed E-state index contributed by atoms with van der Waals surface area (Å²) in [6, 6.07) is 5.36. The van der Waals surface area contributed by atoms with E-state index in [0.717, 1.165) is 38.2 Å². The van der Waals surface area contributed by atoms with Gasteiger partial charge in [0.15, 0.2) is 0 Å². The number of hydrogen-bond donors (Lipinski definition) is 6. The lowest BCUT2D eigenvalue weighted by molar-refractivity contribution is 0.0793. The molecule has 6 nitrogen and oxygen atoms in total. The number of nitrogens with one attached hydrogen (secondary N) is 2. The fourth-order valence-corrected chi connectivity index (χ4v) is 4.58. The maximum atomic E-state index is 14.2. The maximum Gasteiger partial charge on any atom is 0.132 e. The monoisotopic (exact) mass is 536 g/mol. The van der Waals surface area contributed by atoms with Gasteiger partial charge in [0.2, 0.25) is 0 Å². The Morgan fingerprint density at radius 2 is 2.00 bits per heavy atom. The molecule has 1 saturated carbocycles. The van der Waals surface area contributed by atoms with Gasteiger partial charge in [-0.1, -0.05) is 38.4 Å². The van der Waals surface area contributed by atoms with E-state index in [1.807, 2.05) is 0 Å². The lowest BCUT2D eigenvalue weighted by Crippen LogP contribution is -2.47. The summed E-state index contributed by atoms with van der Waals surface area (Å²) >= 11 is 10.3. The van der Waals surface area contributed by atoms with Gasteiger partial charge in [0, 0.05) is 47.2 Å². The van der Waals surface area contributed by atoms with Gasteiger partial charge in [0.05, 0.1) is 10.7 Å². The molecule has 0 amide bonds. The summed E-state index contributed by atoms with van der Waals surface area (Å²) in [5.74, 6) is 0.136. The highest BCUT2D eigenvalue weighted by Crippen LogP contribution is 2.35. The van der Waals surface area contributed by atoms with E-state index in [2.05, 4.69) is 55.0 Å². The molecule has 8 N–H and O–H groups in total. The number of rotatable bonds is 14. The molecule has 2 rings (SSSR count). The van der Waals surface area contributed by atoms with Crippen LogP contribution in [0.3, 0.4) is 0 Å². The third-order valence-electron chi connectivity index (χ3n) is 6.23. The zero-order chi connectivity index (χ0) is 26.7. The molecule has 0 atom stereocenters. The van der Waals surface area contributed by atoms with Crippen molar-refractivity contribution < 1.29 is 4.39 Å². The summed E-state index contributed by atoms with van der Waals surface area (Å²) in [4.78, 5) is 2.61. The van der Waals surface area contributed by atoms with E-state index in [1.165, 1.54) is 37.2 Å². The molecular formula is C27H42ClFN6S. The molecule has 0 unspecified atom stereocenters. The SMILES string of the molecule is CCCN(CCNC(C)C)C1CC(C/C=C(\C=C/N)NC(/C=C(\N)c2cc(Cl)ccc2F)=C(/N)S)C1. The molecular weight excluding hydrogens is 495 g/mol. The van der Waals surface area contributed by atoms with Crippen LogP contribution in [0.1, 0.15) is 52.0 Å². The van der Waals surface area contributed by atoms with E-state index >= 15 is 0 Å². The second kappa shape index (κ2) is 15.2. The molecule has 36 heavy (non-hydrogen) atoms. The Balaban J connectivity index is 2.03. The largest absolute Gasteiger partial charge is 0.405 e. The van der Waals surface area contributed by atoms with Crippen LogP contribution in [-0.4, -0.2) is 36.6 Å². The zero-order valence-electron chi connectivity index (χ0n) is 21.6. The van der Waals surface area contributed by atoms with E-state index < -0.39 is 5.82 Å². The molecule has 1 aliphatic carbocycles. The van der Waals surface area contributed by atoms with Crippen molar-refractivity contribution in [3.8, 4) is 0 Å². The summed E-state index contributed by atoms with van der Waals surface area (Å²) in [6.45, 7) is 9.82. The topological polar surface area (TPSA) is 105 Å². The number of thiol groups is 1. The number of halogens is 2. The fourth-order valence-electron chi connectivity index (χ4n) is 4.29. The molecule has 0 radical (unpaired) electrons. The van der Waals surface area contributed by atoms with Crippen LogP contribution in [0.2, 0.25) is 5.02 Å². The van der Waals surface area contributed by atoms with Crippen molar-refractivity contribution in [3.63, 3.8) is 0 Å². The highest BCUT2D eigenvalue weighted by molar-refractivity contribution is 7.84. The predicted molar refractivity (Wildman–Crippen MR) is 154 cm³/mol. The molecule has 9 heteroatoms. The average molecular weight is 537 g/mol. The Morgan fingerprint density at radius 3 is 2.61 bits per heavy atom. The second-order valence-electron chi connectivity index (χ2n) is 9.54. The van der Waals surface area contributed by atoms with Crippen LogP contribution in [0.15, 0.2) is 59.1 Å². The van der Waals surface area contributed by atoms with E-state index in [9.17, 15) is 4.39 Å². The Hall–Kier alpha value is -2.13. The lowest BCUT2D eigenvalue weighted by atomic mass is 9.77. The van der Waals surface area contributed by atoms with Gasteiger partial charge >= 0.3 is 0 Å². The third kappa shape index (κ3) is 9.73. The van der Waals surface area contributed by atoms with Crippen LogP contribution in [0, 0.1) is 11.7 Å². The molecule has 0 aliphatic heterocycles. The maximum absolute atomic E-state index is 14.2. The molecule has 0 aromatic heterocycles. The van der Waals surface area contributed by atoms with Gasteiger partial charge in [-0.05, 0) is 74.7 Å². The van der Waals surface area contributed by atoms with E-state index in [0.29, 0.717) is 28.7 Å². The fraction of sp³-hybridized carbons (Fsp3) is 0.481. The minimum Gasteiger partial charge on any atom is -0.405 e. The summed E-state index contributed by atoms with van der Waals surface area (Å²) in [5, 5.41) is 7.35. The summed E-state index contributed by atoms with van der Waals surface area (Å²) < 4.78 is 14.2. The van der Waals surface area contributed by atoms with Crippen LogP contribution in [-0.2, 0) is 0 Å². The van der Waals surface area contributed by atoms with E-state index in [-0.39, 0.29) is 16.3 Å². The van der Waals surface area contributed by atoms with Crippen molar-refractivity contribution in [1.82, 2.24) is 15.5 Å². The van der Waals surface area contributed by atoms with Crippen molar-refractivity contribution in [2.75, 3.05) is 19.6 Å². The first-order valence-electron chi connectivity index (χ1n) is 12.6. The van der Waals surface area contributed by atoms with Crippen LogP contribution >= 0.6 is 24.2 Å². The van der Waals surface area contributed by atoms with Gasteiger partial charge in [-0.15, -0.1) is 12.6 Å². The highest BCUT2D eigenvalue weighted by atomic mass is 35.5. The summed E-state index contributed by atoms with van der Waals surface area (Å²) in [7, 11) is 0. The van der Waals surface area contributed by atoms with Gasteiger partial charge in [0.1, 0.15) is 5.82 Å². The number of benzene rings is 1. The number of nitrogens with two attached hydrogens (primary N) is 3.